The molecule has 5 atom stereocenters. The average molecular weight is 564 g/mol. The predicted octanol–water partition coefficient (Wildman–Crippen LogP) is 3.44. The lowest BCUT2D eigenvalue weighted by Gasteiger charge is -2.36. The minimum Gasteiger partial charge on any atom is -0.395 e. The van der Waals surface area contributed by atoms with Crippen LogP contribution in [0, 0.1) is 11.8 Å². The van der Waals surface area contributed by atoms with Crippen molar-refractivity contribution in [1.29, 1.82) is 0 Å². The third-order valence-electron chi connectivity index (χ3n) is 8.25. The summed E-state index contributed by atoms with van der Waals surface area (Å²) >= 11 is 6.09. The number of halogens is 1. The summed E-state index contributed by atoms with van der Waals surface area (Å²) in [6.07, 6.45) is 3.85. The van der Waals surface area contributed by atoms with Crippen molar-refractivity contribution in [3.8, 4) is 0 Å². The van der Waals surface area contributed by atoms with Gasteiger partial charge in [0.15, 0.2) is 0 Å². The number of benzene rings is 2. The first-order valence-electron chi connectivity index (χ1n) is 13.6. The summed E-state index contributed by atoms with van der Waals surface area (Å²) in [6, 6.07) is 15.5. The number of likely N-dealkylation sites (tertiary alicyclic amines) is 1. The predicted molar refractivity (Wildman–Crippen MR) is 152 cm³/mol. The molecule has 40 heavy (non-hydrogen) atoms. The van der Waals surface area contributed by atoms with Crippen LogP contribution in [-0.2, 0) is 25.7 Å². The fraction of sp³-hybridized carbons (Fsp3) is 0.387. The molecule has 8 nitrogen and oxygen atoms in total. The van der Waals surface area contributed by atoms with Crippen molar-refractivity contribution in [1.82, 2.24) is 9.80 Å². The SMILES string of the molecule is C=CCN(Cc1ccccc1)C(=O)[C@@H]1[C@@H]2CCC3(O2)C(C(=O)N(CC=C)c2ccc(Cl)cc2)N(CCO)C(=O)[C@H]13. The third-order valence-corrected chi connectivity index (χ3v) is 8.51. The van der Waals surface area contributed by atoms with E-state index >= 15 is 0 Å². The Kier molecular flexibility index (Phi) is 8.12. The van der Waals surface area contributed by atoms with E-state index in [0.717, 1.165) is 5.56 Å². The standard InChI is InChI=1S/C31H34ClN3O5/c1-3-16-33(20-21-8-6-5-7-9-21)28(37)25-24-14-15-31(40-24)26(25)29(38)35(18-19-36)27(31)30(39)34(17-4-2)23-12-10-22(32)11-13-23/h3-13,24-27,36H,1-2,14-20H2/t24-,25+,26-,27?,31?/m0/s1. The van der Waals surface area contributed by atoms with Gasteiger partial charge in [-0.15, -0.1) is 13.2 Å². The number of carbonyl (C=O) groups is 3. The summed E-state index contributed by atoms with van der Waals surface area (Å²) in [5.74, 6) is -2.41. The van der Waals surface area contributed by atoms with E-state index in [1.165, 1.54) is 4.90 Å². The number of β-amino-alcohol motifs (C(OH)–C–C–N with tert-alkyl or cyclic N) is 1. The largest absolute Gasteiger partial charge is 0.395 e. The number of fused-ring (bicyclic) bond motifs is 1. The summed E-state index contributed by atoms with van der Waals surface area (Å²) in [5.41, 5.74) is 0.408. The molecule has 3 fully saturated rings. The van der Waals surface area contributed by atoms with Crippen molar-refractivity contribution >= 4 is 35.0 Å². The van der Waals surface area contributed by atoms with Crippen LogP contribution in [0.2, 0.25) is 5.02 Å². The van der Waals surface area contributed by atoms with Crippen LogP contribution in [0.5, 0.6) is 0 Å². The van der Waals surface area contributed by atoms with Gasteiger partial charge in [0, 0.05) is 36.9 Å². The molecule has 1 spiro atoms. The van der Waals surface area contributed by atoms with Gasteiger partial charge in [0.1, 0.15) is 11.6 Å². The number of aliphatic hydroxyl groups is 1. The number of amides is 3. The molecule has 2 aromatic carbocycles. The highest BCUT2D eigenvalue weighted by atomic mass is 35.5. The zero-order valence-electron chi connectivity index (χ0n) is 22.3. The van der Waals surface area contributed by atoms with E-state index in [-0.39, 0.29) is 37.4 Å². The number of rotatable bonds is 11. The number of aliphatic hydroxyl groups excluding tert-OH is 1. The Morgan fingerprint density at radius 3 is 2.42 bits per heavy atom. The molecule has 3 saturated heterocycles. The van der Waals surface area contributed by atoms with Gasteiger partial charge in [-0.25, -0.2) is 0 Å². The van der Waals surface area contributed by atoms with Crippen LogP contribution in [0.15, 0.2) is 79.9 Å². The zero-order valence-corrected chi connectivity index (χ0v) is 23.1. The van der Waals surface area contributed by atoms with Gasteiger partial charge in [-0.05, 0) is 42.7 Å². The summed E-state index contributed by atoms with van der Waals surface area (Å²) < 4.78 is 6.55. The molecular formula is C31H34ClN3O5. The normalized spacial score (nSPS) is 26.4. The Morgan fingerprint density at radius 2 is 1.77 bits per heavy atom. The summed E-state index contributed by atoms with van der Waals surface area (Å²) in [7, 11) is 0. The molecule has 3 amide bonds. The van der Waals surface area contributed by atoms with Gasteiger partial charge in [-0.3, -0.25) is 14.4 Å². The topological polar surface area (TPSA) is 90.4 Å². The van der Waals surface area contributed by atoms with E-state index in [1.54, 1.807) is 46.2 Å². The molecule has 0 saturated carbocycles. The second-order valence-electron chi connectivity index (χ2n) is 10.5. The van der Waals surface area contributed by atoms with E-state index < -0.39 is 29.6 Å². The third kappa shape index (κ3) is 4.74. The van der Waals surface area contributed by atoms with Gasteiger partial charge in [0.2, 0.25) is 11.8 Å². The number of anilines is 1. The number of hydrogen-bond acceptors (Lipinski definition) is 5. The minimum absolute atomic E-state index is 0.0363. The quantitative estimate of drug-likeness (QED) is 0.423. The van der Waals surface area contributed by atoms with Gasteiger partial charge in [0.05, 0.1) is 24.5 Å². The Bertz CT molecular complexity index is 1290. The first-order chi connectivity index (χ1) is 19.4. The molecule has 210 valence electrons. The van der Waals surface area contributed by atoms with E-state index in [9.17, 15) is 19.5 Å². The second kappa shape index (κ2) is 11.6. The lowest BCUT2D eigenvalue weighted by molar-refractivity contribution is -0.145. The molecule has 1 N–H and O–H groups in total. The monoisotopic (exact) mass is 563 g/mol. The molecule has 3 aliphatic rings. The zero-order chi connectivity index (χ0) is 28.4. The lowest BCUT2D eigenvalue weighted by atomic mass is 9.70. The van der Waals surface area contributed by atoms with Crippen molar-refractivity contribution in [2.45, 2.75) is 37.1 Å². The number of ether oxygens (including phenoxy) is 1. The van der Waals surface area contributed by atoms with Crippen molar-refractivity contribution in [2.75, 3.05) is 31.1 Å². The van der Waals surface area contributed by atoms with E-state index in [4.69, 9.17) is 16.3 Å². The van der Waals surface area contributed by atoms with E-state index in [2.05, 4.69) is 13.2 Å². The van der Waals surface area contributed by atoms with Crippen molar-refractivity contribution < 1.29 is 24.2 Å². The van der Waals surface area contributed by atoms with Gasteiger partial charge in [0.25, 0.3) is 5.91 Å². The fourth-order valence-corrected chi connectivity index (χ4v) is 6.81. The van der Waals surface area contributed by atoms with Crippen LogP contribution in [0.3, 0.4) is 0 Å². The first-order valence-corrected chi connectivity index (χ1v) is 13.9. The molecule has 0 aromatic heterocycles. The van der Waals surface area contributed by atoms with Gasteiger partial charge in [-0.1, -0.05) is 54.1 Å². The van der Waals surface area contributed by atoms with Gasteiger partial charge >= 0.3 is 0 Å². The van der Waals surface area contributed by atoms with Crippen LogP contribution in [0.4, 0.5) is 5.69 Å². The summed E-state index contributed by atoms with van der Waals surface area (Å²) in [6.45, 7) is 8.17. The van der Waals surface area contributed by atoms with Crippen LogP contribution >= 0.6 is 11.6 Å². The Balaban J connectivity index is 1.50. The van der Waals surface area contributed by atoms with Crippen LogP contribution < -0.4 is 4.90 Å². The molecule has 0 aliphatic carbocycles. The minimum atomic E-state index is -1.16. The molecular weight excluding hydrogens is 530 g/mol. The molecule has 2 unspecified atom stereocenters. The van der Waals surface area contributed by atoms with E-state index in [0.29, 0.717) is 36.6 Å². The number of hydrogen-bond donors (Lipinski definition) is 1. The van der Waals surface area contributed by atoms with E-state index in [1.807, 2.05) is 30.3 Å². The van der Waals surface area contributed by atoms with Crippen LogP contribution in [0.25, 0.3) is 0 Å². The highest BCUT2D eigenvalue weighted by Crippen LogP contribution is 2.59. The smallest absolute Gasteiger partial charge is 0.253 e. The average Bonchev–Trinajstić information content (AvgIpc) is 3.60. The number of carbonyl (C=O) groups excluding carboxylic acids is 3. The highest BCUT2D eigenvalue weighted by molar-refractivity contribution is 6.30. The summed E-state index contributed by atoms with van der Waals surface area (Å²) in [5, 5.41) is 10.4. The maximum atomic E-state index is 14.3. The van der Waals surface area contributed by atoms with Crippen molar-refractivity contribution in [3.05, 3.63) is 90.5 Å². The maximum absolute atomic E-state index is 14.3. The molecule has 2 bridgehead atoms. The van der Waals surface area contributed by atoms with Gasteiger partial charge in [-0.2, -0.15) is 0 Å². The van der Waals surface area contributed by atoms with Crippen LogP contribution in [0.1, 0.15) is 18.4 Å². The Labute approximate surface area is 239 Å². The van der Waals surface area contributed by atoms with Gasteiger partial charge < -0.3 is 24.5 Å². The molecule has 0 radical (unpaired) electrons. The van der Waals surface area contributed by atoms with Crippen LogP contribution in [-0.4, -0.2) is 76.6 Å². The molecule has 3 heterocycles. The first kappa shape index (κ1) is 28.1. The molecule has 9 heteroatoms. The van der Waals surface area contributed by atoms with Crippen molar-refractivity contribution in [2.24, 2.45) is 11.8 Å². The molecule has 5 rings (SSSR count). The lowest BCUT2D eigenvalue weighted by Crippen LogP contribution is -2.57. The summed E-state index contributed by atoms with van der Waals surface area (Å²) in [4.78, 5) is 47.1. The highest BCUT2D eigenvalue weighted by Gasteiger charge is 2.74. The van der Waals surface area contributed by atoms with Crippen molar-refractivity contribution in [3.63, 3.8) is 0 Å². The fourth-order valence-electron chi connectivity index (χ4n) is 6.69. The Morgan fingerprint density at radius 1 is 1.07 bits per heavy atom. The second-order valence-corrected chi connectivity index (χ2v) is 11.0. The Hall–Kier alpha value is -3.46. The molecule has 2 aromatic rings. The molecule has 3 aliphatic heterocycles. The number of nitrogens with zero attached hydrogens (tertiary/aromatic N) is 3. The maximum Gasteiger partial charge on any atom is 0.253 e.